The lowest BCUT2D eigenvalue weighted by Crippen LogP contribution is -2.03. The predicted molar refractivity (Wildman–Crippen MR) is 75.4 cm³/mol. The van der Waals surface area contributed by atoms with E-state index >= 15 is 0 Å². The molecule has 4 nitrogen and oxygen atoms in total. The summed E-state index contributed by atoms with van der Waals surface area (Å²) in [6, 6.07) is 5.78. The smallest absolute Gasteiger partial charge is 0.307 e. The van der Waals surface area contributed by atoms with Crippen molar-refractivity contribution in [3.63, 3.8) is 0 Å². The number of carbonyl (C=O) groups is 1. The number of carboxylic acids is 1. The summed E-state index contributed by atoms with van der Waals surface area (Å²) < 4.78 is 2.25. The Morgan fingerprint density at radius 2 is 2.11 bits per heavy atom. The van der Waals surface area contributed by atoms with Crippen LogP contribution in [0.3, 0.4) is 0 Å². The number of benzene rings is 1. The molecule has 0 aliphatic carbocycles. The Morgan fingerprint density at radius 1 is 1.32 bits per heavy atom. The van der Waals surface area contributed by atoms with Gasteiger partial charge in [0.25, 0.3) is 0 Å². The van der Waals surface area contributed by atoms with Crippen molar-refractivity contribution >= 4 is 17.0 Å². The summed E-state index contributed by atoms with van der Waals surface area (Å²) in [7, 11) is 0. The lowest BCUT2D eigenvalue weighted by Gasteiger charge is -2.06. The number of imidazole rings is 1. The molecule has 0 atom stereocenters. The molecule has 0 saturated heterocycles. The summed E-state index contributed by atoms with van der Waals surface area (Å²) in [5, 5.41) is 8.84. The zero-order valence-electron chi connectivity index (χ0n) is 11.5. The topological polar surface area (TPSA) is 55.1 Å². The number of nitrogens with zero attached hydrogens (tertiary/aromatic N) is 2. The number of aromatic nitrogens is 2. The van der Waals surface area contributed by atoms with Crippen LogP contribution in [0.25, 0.3) is 11.0 Å². The Morgan fingerprint density at radius 3 is 2.74 bits per heavy atom. The van der Waals surface area contributed by atoms with Crippen LogP contribution >= 0.6 is 0 Å². The average Bonchev–Trinajstić information content (AvgIpc) is 2.67. The van der Waals surface area contributed by atoms with Gasteiger partial charge in [0.2, 0.25) is 0 Å². The molecule has 1 aromatic heterocycles. The van der Waals surface area contributed by atoms with Gasteiger partial charge in [-0.3, -0.25) is 4.79 Å². The first kappa shape index (κ1) is 13.6. The van der Waals surface area contributed by atoms with Gasteiger partial charge in [-0.1, -0.05) is 19.9 Å². The van der Waals surface area contributed by atoms with E-state index in [1.165, 1.54) is 0 Å². The minimum absolute atomic E-state index is 0.0552. The van der Waals surface area contributed by atoms with Crippen LogP contribution in [0.1, 0.15) is 38.1 Å². The van der Waals surface area contributed by atoms with Crippen LogP contribution in [0, 0.1) is 0 Å². The van der Waals surface area contributed by atoms with Gasteiger partial charge in [-0.2, -0.15) is 0 Å². The molecule has 2 rings (SSSR count). The molecule has 0 radical (unpaired) electrons. The van der Waals surface area contributed by atoms with Gasteiger partial charge in [-0.15, -0.1) is 0 Å². The van der Waals surface area contributed by atoms with E-state index in [9.17, 15) is 4.79 Å². The highest BCUT2D eigenvalue weighted by Crippen LogP contribution is 2.20. The molecular formula is C15H20N2O2. The number of carboxylic acid groups (broad SMARTS) is 1. The molecule has 0 saturated carbocycles. The van der Waals surface area contributed by atoms with E-state index in [4.69, 9.17) is 5.11 Å². The monoisotopic (exact) mass is 260 g/mol. The average molecular weight is 260 g/mol. The fourth-order valence-electron chi connectivity index (χ4n) is 2.40. The van der Waals surface area contributed by atoms with Crippen molar-refractivity contribution in [3.8, 4) is 0 Å². The molecule has 0 unspecified atom stereocenters. The third-order valence-electron chi connectivity index (χ3n) is 3.17. The van der Waals surface area contributed by atoms with Gasteiger partial charge in [-0.05, 0) is 30.5 Å². The van der Waals surface area contributed by atoms with Crippen molar-refractivity contribution in [3.05, 3.63) is 29.6 Å². The van der Waals surface area contributed by atoms with E-state index in [0.29, 0.717) is 0 Å². The Hall–Kier alpha value is -1.84. The Bertz CT molecular complexity index is 587. The van der Waals surface area contributed by atoms with Crippen LogP contribution in [0.15, 0.2) is 18.2 Å². The van der Waals surface area contributed by atoms with Gasteiger partial charge in [0, 0.05) is 13.0 Å². The van der Waals surface area contributed by atoms with Gasteiger partial charge >= 0.3 is 5.97 Å². The highest BCUT2D eigenvalue weighted by atomic mass is 16.4. The second-order valence-electron chi connectivity index (χ2n) is 4.82. The fourth-order valence-corrected chi connectivity index (χ4v) is 2.40. The third-order valence-corrected chi connectivity index (χ3v) is 3.17. The van der Waals surface area contributed by atoms with E-state index in [1.54, 1.807) is 0 Å². The summed E-state index contributed by atoms with van der Waals surface area (Å²) in [4.78, 5) is 15.4. The minimum Gasteiger partial charge on any atom is -0.481 e. The Labute approximate surface area is 113 Å². The molecule has 1 aromatic carbocycles. The second kappa shape index (κ2) is 5.87. The number of aryl methyl sites for hydroxylation is 2. The Balaban J connectivity index is 2.45. The first-order chi connectivity index (χ1) is 9.15. The quantitative estimate of drug-likeness (QED) is 0.868. The molecule has 1 heterocycles. The van der Waals surface area contributed by atoms with E-state index in [-0.39, 0.29) is 6.42 Å². The number of rotatable bonds is 6. The molecule has 0 amide bonds. The van der Waals surface area contributed by atoms with E-state index < -0.39 is 5.97 Å². The zero-order valence-corrected chi connectivity index (χ0v) is 11.5. The molecule has 19 heavy (non-hydrogen) atoms. The molecule has 0 spiro atoms. The molecule has 0 aliphatic heterocycles. The van der Waals surface area contributed by atoms with Gasteiger partial charge in [0.15, 0.2) is 0 Å². The number of hydrogen-bond acceptors (Lipinski definition) is 2. The summed E-state index contributed by atoms with van der Waals surface area (Å²) in [5.41, 5.74) is 2.83. The highest BCUT2D eigenvalue weighted by Gasteiger charge is 2.10. The molecule has 4 heteroatoms. The van der Waals surface area contributed by atoms with Crippen LogP contribution in [0.2, 0.25) is 0 Å². The lowest BCUT2D eigenvalue weighted by atomic mass is 10.1. The van der Waals surface area contributed by atoms with Crippen LogP contribution in [-0.4, -0.2) is 20.6 Å². The summed E-state index contributed by atoms with van der Waals surface area (Å²) in [6.07, 6.45) is 3.15. The summed E-state index contributed by atoms with van der Waals surface area (Å²) >= 11 is 0. The molecule has 0 aliphatic rings. The maximum atomic E-state index is 10.8. The van der Waals surface area contributed by atoms with Crippen molar-refractivity contribution in [2.45, 2.75) is 46.1 Å². The lowest BCUT2D eigenvalue weighted by molar-refractivity contribution is -0.136. The van der Waals surface area contributed by atoms with Crippen molar-refractivity contribution in [1.29, 1.82) is 0 Å². The number of aliphatic carboxylic acids is 1. The first-order valence-electron chi connectivity index (χ1n) is 6.85. The zero-order chi connectivity index (χ0) is 13.8. The summed E-state index contributed by atoms with van der Waals surface area (Å²) in [5.74, 6) is 0.299. The van der Waals surface area contributed by atoms with E-state index in [1.807, 2.05) is 18.2 Å². The predicted octanol–water partition coefficient (Wildman–Crippen LogP) is 3.03. The van der Waals surface area contributed by atoms with E-state index in [0.717, 1.165) is 48.2 Å². The van der Waals surface area contributed by atoms with Crippen LogP contribution in [0.5, 0.6) is 0 Å². The molecule has 2 aromatic rings. The number of fused-ring (bicyclic) bond motifs is 1. The van der Waals surface area contributed by atoms with Crippen molar-refractivity contribution < 1.29 is 9.90 Å². The van der Waals surface area contributed by atoms with Crippen molar-refractivity contribution in [2.75, 3.05) is 0 Å². The maximum absolute atomic E-state index is 10.8. The van der Waals surface area contributed by atoms with Gasteiger partial charge in [-0.25, -0.2) is 4.98 Å². The van der Waals surface area contributed by atoms with Gasteiger partial charge in [0.05, 0.1) is 17.5 Å². The molecule has 0 bridgehead atoms. The summed E-state index contributed by atoms with van der Waals surface area (Å²) in [6.45, 7) is 5.26. The molecule has 102 valence electrons. The SMILES string of the molecule is CCCc1nc2cc(CC(=O)O)ccc2n1CCC. The van der Waals surface area contributed by atoms with E-state index in [2.05, 4.69) is 23.4 Å². The molecular weight excluding hydrogens is 240 g/mol. The molecule has 1 N–H and O–H groups in total. The normalized spacial score (nSPS) is 11.1. The molecule has 0 fully saturated rings. The van der Waals surface area contributed by atoms with Crippen LogP contribution in [-0.2, 0) is 24.2 Å². The van der Waals surface area contributed by atoms with Gasteiger partial charge < -0.3 is 9.67 Å². The highest BCUT2D eigenvalue weighted by molar-refractivity contribution is 5.79. The third kappa shape index (κ3) is 2.95. The first-order valence-corrected chi connectivity index (χ1v) is 6.85. The van der Waals surface area contributed by atoms with Crippen molar-refractivity contribution in [2.24, 2.45) is 0 Å². The standard InChI is InChI=1S/C15H20N2O2/c1-3-5-14-16-12-9-11(10-15(18)19)6-7-13(12)17(14)8-4-2/h6-7,9H,3-5,8,10H2,1-2H3,(H,18,19). The minimum atomic E-state index is -0.805. The van der Waals surface area contributed by atoms with Crippen LogP contribution in [0.4, 0.5) is 0 Å². The van der Waals surface area contributed by atoms with Gasteiger partial charge in [0.1, 0.15) is 5.82 Å². The maximum Gasteiger partial charge on any atom is 0.307 e. The van der Waals surface area contributed by atoms with Crippen molar-refractivity contribution in [1.82, 2.24) is 9.55 Å². The Kier molecular flexibility index (Phi) is 4.20. The largest absolute Gasteiger partial charge is 0.481 e. The number of hydrogen-bond donors (Lipinski definition) is 1. The second-order valence-corrected chi connectivity index (χ2v) is 4.82. The van der Waals surface area contributed by atoms with Crippen LogP contribution < -0.4 is 0 Å². The fraction of sp³-hybridized carbons (Fsp3) is 0.467.